The minimum atomic E-state index is -0.119. The van der Waals surface area contributed by atoms with E-state index in [9.17, 15) is 9.90 Å². The van der Waals surface area contributed by atoms with Gasteiger partial charge in [0.25, 0.3) is 5.91 Å². The van der Waals surface area contributed by atoms with Crippen LogP contribution in [0.5, 0.6) is 11.5 Å². The van der Waals surface area contributed by atoms with E-state index in [-0.39, 0.29) is 11.7 Å². The van der Waals surface area contributed by atoms with Crippen LogP contribution in [0.1, 0.15) is 26.3 Å². The summed E-state index contributed by atoms with van der Waals surface area (Å²) in [4.78, 5) is 14.6. The second kappa shape index (κ2) is 7.68. The van der Waals surface area contributed by atoms with E-state index in [0.717, 1.165) is 4.47 Å². The predicted octanol–water partition coefficient (Wildman–Crippen LogP) is 4.41. The first-order valence-corrected chi connectivity index (χ1v) is 9.26. The highest BCUT2D eigenvalue weighted by molar-refractivity contribution is 9.10. The van der Waals surface area contributed by atoms with Gasteiger partial charge in [0, 0.05) is 16.6 Å². The molecule has 1 heterocycles. The van der Waals surface area contributed by atoms with Gasteiger partial charge in [-0.1, -0.05) is 53.8 Å². The normalized spacial score (nSPS) is 16.7. The second-order valence-electron chi connectivity index (χ2n) is 5.46. The lowest BCUT2D eigenvalue weighted by Crippen LogP contribution is -2.31. The Morgan fingerprint density at radius 1 is 1.48 bits per heavy atom. The van der Waals surface area contributed by atoms with E-state index in [4.69, 9.17) is 17.0 Å². The molecule has 0 aromatic heterocycles. The van der Waals surface area contributed by atoms with E-state index in [1.807, 2.05) is 20.8 Å². The molecule has 0 spiro atoms. The van der Waals surface area contributed by atoms with Gasteiger partial charge >= 0.3 is 0 Å². The summed E-state index contributed by atoms with van der Waals surface area (Å²) in [6.45, 7) is 6.96. The monoisotopic (exact) mass is 415 g/mol. The first-order valence-electron chi connectivity index (χ1n) is 7.24. The Balaban J connectivity index is 2.36. The van der Waals surface area contributed by atoms with Gasteiger partial charge in [-0.3, -0.25) is 9.69 Å². The quantitative estimate of drug-likeness (QED) is 0.569. The number of phenolic OH excluding ortho intramolecular Hbond substituents is 1. The van der Waals surface area contributed by atoms with Crippen molar-refractivity contribution in [1.82, 2.24) is 4.90 Å². The molecule has 0 radical (unpaired) electrons. The Bertz CT molecular complexity index is 674. The zero-order chi connectivity index (χ0) is 17.1. The number of halogens is 1. The number of carbonyl (C=O) groups excluding carboxylic acids is 1. The molecule has 1 aromatic rings. The molecular formula is C16H18BrNO3S2. The zero-order valence-corrected chi connectivity index (χ0v) is 16.3. The predicted molar refractivity (Wildman–Crippen MR) is 102 cm³/mol. The number of rotatable bonds is 5. The maximum atomic E-state index is 12.5. The molecule has 1 aliphatic heterocycles. The molecule has 1 aromatic carbocycles. The van der Waals surface area contributed by atoms with Crippen LogP contribution in [0.15, 0.2) is 21.5 Å². The van der Waals surface area contributed by atoms with E-state index in [1.54, 1.807) is 23.1 Å². The van der Waals surface area contributed by atoms with Crippen LogP contribution in [0.2, 0.25) is 0 Å². The molecule has 1 saturated heterocycles. The van der Waals surface area contributed by atoms with Gasteiger partial charge in [-0.05, 0) is 31.1 Å². The fraction of sp³-hybridized carbons (Fsp3) is 0.375. The number of hydrogen-bond acceptors (Lipinski definition) is 5. The summed E-state index contributed by atoms with van der Waals surface area (Å²) in [5.41, 5.74) is 0.521. The number of nitrogens with zero attached hydrogens (tertiary/aromatic N) is 1. The van der Waals surface area contributed by atoms with Crippen molar-refractivity contribution in [2.75, 3.05) is 13.2 Å². The number of thioether (sulfide) groups is 1. The third-order valence-corrected chi connectivity index (χ3v) is 4.91. The topological polar surface area (TPSA) is 49.8 Å². The van der Waals surface area contributed by atoms with Gasteiger partial charge in [-0.2, -0.15) is 0 Å². The molecule has 0 bridgehead atoms. The van der Waals surface area contributed by atoms with Crippen molar-refractivity contribution < 1.29 is 14.6 Å². The Morgan fingerprint density at radius 2 is 2.17 bits per heavy atom. The lowest BCUT2D eigenvalue weighted by atomic mass is 10.1. The van der Waals surface area contributed by atoms with Crippen LogP contribution in [0.3, 0.4) is 0 Å². The van der Waals surface area contributed by atoms with Crippen molar-refractivity contribution >= 4 is 56.2 Å². The third kappa shape index (κ3) is 4.28. The standard InChI is InChI=1S/C16H18BrNO3S2/c1-4-21-12-7-11(17)5-10(14(12)19)6-13-15(20)18(8-9(2)3)16(22)23-13/h5-7,9,19H,4,8H2,1-3H3. The third-order valence-electron chi connectivity index (χ3n) is 3.08. The van der Waals surface area contributed by atoms with Gasteiger partial charge < -0.3 is 9.84 Å². The molecule has 0 aliphatic carbocycles. The average molecular weight is 416 g/mol. The van der Waals surface area contributed by atoms with Crippen molar-refractivity contribution in [2.24, 2.45) is 5.92 Å². The van der Waals surface area contributed by atoms with Crippen molar-refractivity contribution in [3.8, 4) is 11.5 Å². The van der Waals surface area contributed by atoms with Crippen molar-refractivity contribution in [3.05, 3.63) is 27.1 Å². The largest absolute Gasteiger partial charge is 0.504 e. The number of carbonyl (C=O) groups is 1. The second-order valence-corrected chi connectivity index (χ2v) is 8.05. The number of ether oxygens (including phenoxy) is 1. The number of phenols is 1. The fourth-order valence-corrected chi connectivity index (χ4v) is 3.85. The minimum absolute atomic E-state index is 0.0178. The first-order chi connectivity index (χ1) is 10.8. The number of thiocarbonyl (C=S) groups is 1. The summed E-state index contributed by atoms with van der Waals surface area (Å²) >= 11 is 9.93. The van der Waals surface area contributed by atoms with Crippen molar-refractivity contribution in [2.45, 2.75) is 20.8 Å². The van der Waals surface area contributed by atoms with E-state index in [2.05, 4.69) is 15.9 Å². The highest BCUT2D eigenvalue weighted by Gasteiger charge is 2.32. The molecule has 1 N–H and O–H groups in total. The summed E-state index contributed by atoms with van der Waals surface area (Å²) in [6.07, 6.45) is 1.66. The average Bonchev–Trinajstić information content (AvgIpc) is 2.71. The van der Waals surface area contributed by atoms with E-state index in [1.165, 1.54) is 11.8 Å². The van der Waals surface area contributed by atoms with Crippen molar-refractivity contribution in [3.63, 3.8) is 0 Å². The molecule has 0 atom stereocenters. The number of benzene rings is 1. The summed E-state index contributed by atoms with van der Waals surface area (Å²) < 4.78 is 6.72. The molecule has 7 heteroatoms. The molecule has 0 unspecified atom stereocenters. The number of hydrogen-bond donors (Lipinski definition) is 1. The molecular weight excluding hydrogens is 398 g/mol. The van der Waals surface area contributed by atoms with Gasteiger partial charge in [-0.25, -0.2) is 0 Å². The molecule has 1 amide bonds. The van der Waals surface area contributed by atoms with E-state index < -0.39 is 0 Å². The SMILES string of the molecule is CCOc1cc(Br)cc(C=C2SC(=S)N(CC(C)C)C2=O)c1O. The van der Waals surface area contributed by atoms with E-state index in [0.29, 0.717) is 39.6 Å². The van der Waals surface area contributed by atoms with Crippen LogP contribution in [-0.2, 0) is 4.79 Å². The Hall–Kier alpha value is -1.05. The summed E-state index contributed by atoms with van der Waals surface area (Å²) in [7, 11) is 0. The number of aromatic hydroxyl groups is 1. The molecule has 1 fully saturated rings. The van der Waals surface area contributed by atoms with Gasteiger partial charge in [0.05, 0.1) is 11.5 Å². The lowest BCUT2D eigenvalue weighted by molar-refractivity contribution is -0.122. The fourth-order valence-electron chi connectivity index (χ4n) is 2.13. The van der Waals surface area contributed by atoms with Crippen LogP contribution < -0.4 is 4.74 Å². The summed E-state index contributed by atoms with van der Waals surface area (Å²) in [5, 5.41) is 10.3. The molecule has 0 saturated carbocycles. The van der Waals surface area contributed by atoms with E-state index >= 15 is 0 Å². The number of amides is 1. The van der Waals surface area contributed by atoms with Crippen LogP contribution in [0, 0.1) is 5.92 Å². The summed E-state index contributed by atoms with van der Waals surface area (Å²) in [5.74, 6) is 0.613. The van der Waals surface area contributed by atoms with Crippen molar-refractivity contribution in [1.29, 1.82) is 0 Å². The first kappa shape index (κ1) is 18.3. The molecule has 23 heavy (non-hydrogen) atoms. The highest BCUT2D eigenvalue weighted by atomic mass is 79.9. The summed E-state index contributed by atoms with van der Waals surface area (Å²) in [6, 6.07) is 3.44. The van der Waals surface area contributed by atoms with Gasteiger partial charge in [-0.15, -0.1) is 0 Å². The molecule has 4 nitrogen and oxygen atoms in total. The molecule has 1 aliphatic rings. The van der Waals surface area contributed by atoms with Gasteiger partial charge in [0.15, 0.2) is 11.5 Å². The van der Waals surface area contributed by atoms with Crippen LogP contribution >= 0.6 is 39.9 Å². The smallest absolute Gasteiger partial charge is 0.266 e. The van der Waals surface area contributed by atoms with Crippen LogP contribution in [-0.4, -0.2) is 33.4 Å². The maximum Gasteiger partial charge on any atom is 0.266 e. The van der Waals surface area contributed by atoms with Crippen LogP contribution in [0.4, 0.5) is 0 Å². The minimum Gasteiger partial charge on any atom is -0.504 e. The molecule has 2 rings (SSSR count). The Labute approximate surface area is 154 Å². The van der Waals surface area contributed by atoms with Gasteiger partial charge in [0.2, 0.25) is 0 Å². The molecule has 124 valence electrons. The Kier molecular flexibility index (Phi) is 6.11. The zero-order valence-electron chi connectivity index (χ0n) is 13.1. The maximum absolute atomic E-state index is 12.5. The Morgan fingerprint density at radius 3 is 2.78 bits per heavy atom. The highest BCUT2D eigenvalue weighted by Crippen LogP contribution is 2.39. The van der Waals surface area contributed by atoms with Crippen LogP contribution in [0.25, 0.3) is 6.08 Å². The lowest BCUT2D eigenvalue weighted by Gasteiger charge is -2.16. The van der Waals surface area contributed by atoms with Gasteiger partial charge in [0.1, 0.15) is 4.32 Å².